The van der Waals surface area contributed by atoms with Gasteiger partial charge in [-0.05, 0) is 68.0 Å². The molecule has 0 spiro atoms. The van der Waals surface area contributed by atoms with Crippen molar-refractivity contribution in [3.05, 3.63) is 70.7 Å². The maximum absolute atomic E-state index is 13.7. The number of hydrogen-bond donors (Lipinski definition) is 0. The predicted molar refractivity (Wildman–Crippen MR) is 139 cm³/mol. The Morgan fingerprint density at radius 2 is 1.65 bits per heavy atom. The first kappa shape index (κ1) is 26.5. The van der Waals surface area contributed by atoms with Gasteiger partial charge < -0.3 is 9.80 Å². The van der Waals surface area contributed by atoms with Gasteiger partial charge in [-0.1, -0.05) is 12.1 Å². The highest BCUT2D eigenvalue weighted by atomic mass is 32.2. The Morgan fingerprint density at radius 1 is 1.03 bits per heavy atom. The third-order valence-electron chi connectivity index (χ3n) is 6.90. The molecule has 2 heterocycles. The molecule has 4 rings (SSSR count). The van der Waals surface area contributed by atoms with E-state index < -0.39 is 21.7 Å². The molecule has 0 saturated carbocycles. The minimum Gasteiger partial charge on any atom is -0.342 e. The first-order chi connectivity index (χ1) is 17.4. The summed E-state index contributed by atoms with van der Waals surface area (Å²) < 4.78 is 39.6. The summed E-state index contributed by atoms with van der Waals surface area (Å²) in [6.45, 7) is 2.56. The molecule has 0 N–H and O–H groups in total. The fourth-order valence-corrected chi connectivity index (χ4v) is 6.11. The molecular weight excluding hydrogens is 497 g/mol. The summed E-state index contributed by atoms with van der Waals surface area (Å²) in [5, 5.41) is 0.318. The number of hydrogen-bond acceptors (Lipinski definition) is 5. The number of carbonyl (C=O) groups is 3. The highest BCUT2D eigenvalue weighted by Gasteiger charge is 2.31. The van der Waals surface area contributed by atoms with Crippen LogP contribution in [0.5, 0.6) is 0 Å². The van der Waals surface area contributed by atoms with Gasteiger partial charge in [-0.2, -0.15) is 0 Å². The van der Waals surface area contributed by atoms with Crippen LogP contribution in [0, 0.1) is 18.7 Å². The topological polar surface area (TPSA) is 96.8 Å². The molecule has 3 aromatic rings. The van der Waals surface area contributed by atoms with E-state index in [-0.39, 0.29) is 34.1 Å². The van der Waals surface area contributed by atoms with Crippen molar-refractivity contribution in [2.24, 2.45) is 5.92 Å². The molecule has 10 heteroatoms. The summed E-state index contributed by atoms with van der Waals surface area (Å²) in [5.74, 6) is -1.70. The molecule has 37 heavy (non-hydrogen) atoms. The molecule has 1 aromatic heterocycles. The Morgan fingerprint density at radius 3 is 2.22 bits per heavy atom. The summed E-state index contributed by atoms with van der Waals surface area (Å²) in [7, 11) is -0.814. The number of nitrogens with zero attached hydrogens (tertiary/aromatic N) is 3. The zero-order valence-corrected chi connectivity index (χ0v) is 22.1. The molecule has 8 nitrogen and oxygen atoms in total. The summed E-state index contributed by atoms with van der Waals surface area (Å²) in [5.41, 5.74) is 1.89. The number of ketones is 1. The first-order valence-electron chi connectivity index (χ1n) is 12.0. The zero-order valence-electron chi connectivity index (χ0n) is 21.3. The molecule has 2 aromatic carbocycles. The van der Waals surface area contributed by atoms with Crippen LogP contribution in [-0.4, -0.2) is 73.2 Å². The SMILES string of the molecule is Cc1c(C(=O)N2CCC(Cc3ccc(F)cc3)CC2)c2cc(C(=O)C(=O)N(C)C)ccc2n1S(C)(=O)=O. The number of benzene rings is 2. The Kier molecular flexibility index (Phi) is 7.23. The van der Waals surface area contributed by atoms with Crippen LogP contribution < -0.4 is 0 Å². The van der Waals surface area contributed by atoms with Gasteiger partial charge in [0, 0.05) is 43.8 Å². The number of likely N-dealkylation sites (N-methyl/N-ethyl adjacent to an activating group) is 1. The number of amides is 2. The second kappa shape index (κ2) is 10.1. The molecule has 0 atom stereocenters. The quantitative estimate of drug-likeness (QED) is 0.362. The largest absolute Gasteiger partial charge is 0.342 e. The van der Waals surface area contributed by atoms with E-state index in [1.54, 1.807) is 24.0 Å². The van der Waals surface area contributed by atoms with Crippen LogP contribution in [0.2, 0.25) is 0 Å². The third kappa shape index (κ3) is 5.29. The van der Waals surface area contributed by atoms with Crippen LogP contribution in [0.1, 0.15) is 44.8 Å². The molecule has 0 aliphatic carbocycles. The number of likely N-dealkylation sites (tertiary alicyclic amines) is 1. The normalized spacial score (nSPS) is 14.7. The Labute approximate surface area is 215 Å². The van der Waals surface area contributed by atoms with Gasteiger partial charge in [0.2, 0.25) is 15.8 Å². The monoisotopic (exact) mass is 527 g/mol. The van der Waals surface area contributed by atoms with Crippen molar-refractivity contribution >= 4 is 38.5 Å². The van der Waals surface area contributed by atoms with Crippen LogP contribution in [0.25, 0.3) is 10.9 Å². The van der Waals surface area contributed by atoms with E-state index in [9.17, 15) is 27.2 Å². The summed E-state index contributed by atoms with van der Waals surface area (Å²) in [4.78, 5) is 41.5. The molecule has 0 bridgehead atoms. The second-order valence-corrected chi connectivity index (χ2v) is 11.6. The minimum absolute atomic E-state index is 0.0870. The Bertz CT molecular complexity index is 1480. The van der Waals surface area contributed by atoms with Gasteiger partial charge in [-0.3, -0.25) is 14.4 Å². The van der Waals surface area contributed by atoms with E-state index in [4.69, 9.17) is 0 Å². The van der Waals surface area contributed by atoms with Gasteiger partial charge in [0.05, 0.1) is 17.3 Å². The van der Waals surface area contributed by atoms with E-state index in [1.807, 2.05) is 0 Å². The van der Waals surface area contributed by atoms with Crippen LogP contribution in [0.4, 0.5) is 4.39 Å². The minimum atomic E-state index is -3.75. The second-order valence-electron chi connectivity index (χ2n) is 9.81. The van der Waals surface area contributed by atoms with Gasteiger partial charge in [0.25, 0.3) is 11.8 Å². The number of carbonyl (C=O) groups excluding carboxylic acids is 3. The molecular formula is C27H30FN3O5S. The van der Waals surface area contributed by atoms with Crippen molar-refractivity contribution in [3.8, 4) is 0 Å². The van der Waals surface area contributed by atoms with Gasteiger partial charge in [-0.15, -0.1) is 0 Å². The average Bonchev–Trinajstić information content (AvgIpc) is 3.15. The number of piperidine rings is 1. The number of halogens is 1. The van der Waals surface area contributed by atoms with Crippen LogP contribution >= 0.6 is 0 Å². The fourth-order valence-electron chi connectivity index (χ4n) is 5.01. The smallest absolute Gasteiger partial charge is 0.294 e. The van der Waals surface area contributed by atoms with Gasteiger partial charge in [0.15, 0.2) is 0 Å². The molecule has 196 valence electrons. The lowest BCUT2D eigenvalue weighted by Crippen LogP contribution is -2.39. The molecule has 1 saturated heterocycles. The maximum atomic E-state index is 13.7. The standard InChI is InChI=1S/C27H30FN3O5S/c1-17-24(26(33)30-13-11-19(12-14-30)15-18-5-8-21(28)9-6-18)22-16-20(25(32)27(34)29(2)3)7-10-23(22)31(17)37(4,35)36/h5-10,16,19H,11-15H2,1-4H3. The van der Waals surface area contributed by atoms with Crippen molar-refractivity contribution in [3.63, 3.8) is 0 Å². The highest BCUT2D eigenvalue weighted by molar-refractivity contribution is 7.89. The average molecular weight is 528 g/mol. The van der Waals surface area contributed by atoms with Crippen LogP contribution in [0.3, 0.4) is 0 Å². The van der Waals surface area contributed by atoms with Gasteiger partial charge >= 0.3 is 0 Å². The number of Topliss-reactive ketones (excluding diaryl/α,β-unsaturated/α-hetero) is 1. The van der Waals surface area contributed by atoms with E-state index in [2.05, 4.69) is 0 Å². The van der Waals surface area contributed by atoms with E-state index in [0.717, 1.165) is 35.1 Å². The Balaban J connectivity index is 1.65. The molecule has 2 amide bonds. The van der Waals surface area contributed by atoms with Crippen molar-refractivity contribution in [2.75, 3.05) is 33.4 Å². The predicted octanol–water partition coefficient (Wildman–Crippen LogP) is 3.26. The molecule has 0 radical (unpaired) electrons. The van der Waals surface area contributed by atoms with E-state index in [0.29, 0.717) is 24.4 Å². The van der Waals surface area contributed by atoms with Crippen molar-refractivity contribution in [1.82, 2.24) is 13.8 Å². The number of fused-ring (bicyclic) bond motifs is 1. The number of rotatable bonds is 6. The van der Waals surface area contributed by atoms with Crippen LogP contribution in [-0.2, 0) is 21.2 Å². The molecule has 1 aliphatic heterocycles. The maximum Gasteiger partial charge on any atom is 0.294 e. The molecule has 1 fully saturated rings. The van der Waals surface area contributed by atoms with Gasteiger partial charge in [-0.25, -0.2) is 16.8 Å². The van der Waals surface area contributed by atoms with Crippen molar-refractivity contribution < 1.29 is 27.2 Å². The Hall–Kier alpha value is -3.53. The van der Waals surface area contributed by atoms with E-state index in [1.165, 1.54) is 49.3 Å². The van der Waals surface area contributed by atoms with Crippen molar-refractivity contribution in [2.45, 2.75) is 26.2 Å². The first-order valence-corrected chi connectivity index (χ1v) is 13.9. The summed E-state index contributed by atoms with van der Waals surface area (Å²) in [6.07, 6.45) is 3.37. The lowest BCUT2D eigenvalue weighted by Gasteiger charge is -2.32. The summed E-state index contributed by atoms with van der Waals surface area (Å²) in [6, 6.07) is 10.7. The lowest BCUT2D eigenvalue weighted by atomic mass is 9.90. The lowest BCUT2D eigenvalue weighted by molar-refractivity contribution is -0.124. The highest BCUT2D eigenvalue weighted by Crippen LogP contribution is 2.31. The fraction of sp³-hybridized carbons (Fsp3) is 0.370. The van der Waals surface area contributed by atoms with Gasteiger partial charge in [0.1, 0.15) is 5.82 Å². The van der Waals surface area contributed by atoms with E-state index >= 15 is 0 Å². The van der Waals surface area contributed by atoms with Crippen molar-refractivity contribution in [1.29, 1.82) is 0 Å². The molecule has 0 unspecified atom stereocenters. The molecule has 1 aliphatic rings. The zero-order chi connectivity index (χ0) is 27.1. The number of aromatic nitrogens is 1. The summed E-state index contributed by atoms with van der Waals surface area (Å²) >= 11 is 0. The van der Waals surface area contributed by atoms with Crippen LogP contribution in [0.15, 0.2) is 42.5 Å². The third-order valence-corrected chi connectivity index (χ3v) is 8.03.